The first-order valence-corrected chi connectivity index (χ1v) is 7.14. The number of ether oxygens (including phenoxy) is 1. The molecular formula is C17H26O3. The van der Waals surface area contributed by atoms with E-state index in [-0.39, 0.29) is 6.61 Å². The molecule has 0 saturated carbocycles. The molecule has 3 nitrogen and oxygen atoms in total. The van der Waals surface area contributed by atoms with Crippen molar-refractivity contribution >= 4 is 0 Å². The molecule has 0 aromatic heterocycles. The lowest BCUT2D eigenvalue weighted by molar-refractivity contribution is 0.00495. The molecule has 0 spiro atoms. The van der Waals surface area contributed by atoms with Gasteiger partial charge in [0, 0.05) is 6.61 Å². The van der Waals surface area contributed by atoms with Gasteiger partial charge in [0.05, 0.1) is 18.8 Å². The number of hydrogen-bond donors (Lipinski definition) is 2. The van der Waals surface area contributed by atoms with E-state index in [1.165, 1.54) is 0 Å². The third-order valence-corrected chi connectivity index (χ3v) is 3.32. The maximum absolute atomic E-state index is 10.2. The summed E-state index contributed by atoms with van der Waals surface area (Å²) in [5, 5.41) is 19.1. The van der Waals surface area contributed by atoms with E-state index < -0.39 is 5.60 Å². The Morgan fingerprint density at radius 3 is 2.60 bits per heavy atom. The molecule has 0 saturated heterocycles. The fourth-order valence-electron chi connectivity index (χ4n) is 1.88. The molecule has 0 amide bonds. The third-order valence-electron chi connectivity index (χ3n) is 3.32. The summed E-state index contributed by atoms with van der Waals surface area (Å²) in [5.41, 5.74) is 1.37. The van der Waals surface area contributed by atoms with Crippen LogP contribution in [0.15, 0.2) is 42.0 Å². The zero-order chi connectivity index (χ0) is 14.8. The van der Waals surface area contributed by atoms with Crippen LogP contribution in [0.25, 0.3) is 0 Å². The van der Waals surface area contributed by atoms with Crippen LogP contribution in [0.2, 0.25) is 0 Å². The highest BCUT2D eigenvalue weighted by atomic mass is 16.5. The van der Waals surface area contributed by atoms with Crippen molar-refractivity contribution in [3.05, 3.63) is 47.5 Å². The molecule has 0 bridgehead atoms. The van der Waals surface area contributed by atoms with E-state index in [1.807, 2.05) is 50.3 Å². The summed E-state index contributed by atoms with van der Waals surface area (Å²) >= 11 is 0. The maximum atomic E-state index is 10.2. The second kappa shape index (κ2) is 8.90. The quantitative estimate of drug-likeness (QED) is 0.539. The van der Waals surface area contributed by atoms with Crippen molar-refractivity contribution < 1.29 is 14.9 Å². The van der Waals surface area contributed by atoms with Gasteiger partial charge in [-0.2, -0.15) is 0 Å². The van der Waals surface area contributed by atoms with Crippen LogP contribution in [0.4, 0.5) is 0 Å². The van der Waals surface area contributed by atoms with E-state index >= 15 is 0 Å². The maximum Gasteiger partial charge on any atom is 0.0716 e. The lowest BCUT2D eigenvalue weighted by Crippen LogP contribution is -2.25. The lowest BCUT2D eigenvalue weighted by atomic mass is 9.96. The van der Waals surface area contributed by atoms with E-state index in [2.05, 4.69) is 0 Å². The van der Waals surface area contributed by atoms with Gasteiger partial charge in [0.15, 0.2) is 0 Å². The molecule has 0 unspecified atom stereocenters. The van der Waals surface area contributed by atoms with Gasteiger partial charge < -0.3 is 14.9 Å². The van der Waals surface area contributed by atoms with Crippen molar-refractivity contribution in [3.8, 4) is 0 Å². The van der Waals surface area contributed by atoms with Crippen LogP contribution in [0, 0.1) is 0 Å². The Labute approximate surface area is 121 Å². The monoisotopic (exact) mass is 278 g/mol. The standard InChI is InChI=1S/C17H26O3/c1-15(13-18)7-6-10-17(2,19)11-12-20-14-16-8-4-3-5-9-16/h3-5,7-9,18-19H,6,10-14H2,1-2H3/b15-7+/t17-/m1/s1. The first kappa shape index (κ1) is 16.9. The fourth-order valence-corrected chi connectivity index (χ4v) is 1.88. The van der Waals surface area contributed by atoms with Gasteiger partial charge in [-0.15, -0.1) is 0 Å². The molecule has 0 fully saturated rings. The molecule has 20 heavy (non-hydrogen) atoms. The Bertz CT molecular complexity index is 396. The van der Waals surface area contributed by atoms with Crippen LogP contribution in [-0.4, -0.2) is 29.0 Å². The van der Waals surface area contributed by atoms with Crippen molar-refractivity contribution in [2.45, 2.75) is 45.3 Å². The molecule has 2 N–H and O–H groups in total. The van der Waals surface area contributed by atoms with Crippen molar-refractivity contribution in [1.82, 2.24) is 0 Å². The Kier molecular flexibility index (Phi) is 7.52. The molecular weight excluding hydrogens is 252 g/mol. The topological polar surface area (TPSA) is 49.7 Å². The van der Waals surface area contributed by atoms with E-state index in [0.717, 1.165) is 17.6 Å². The number of rotatable bonds is 9. The lowest BCUT2D eigenvalue weighted by Gasteiger charge is -2.22. The molecule has 3 heteroatoms. The van der Waals surface area contributed by atoms with Gasteiger partial charge in [0.2, 0.25) is 0 Å². The second-order valence-electron chi connectivity index (χ2n) is 5.53. The molecule has 1 rings (SSSR count). The molecule has 0 radical (unpaired) electrons. The predicted octanol–water partition coefficient (Wildman–Crippen LogP) is 3.06. The zero-order valence-electron chi connectivity index (χ0n) is 12.5. The molecule has 1 atom stereocenters. The third kappa shape index (κ3) is 7.43. The van der Waals surface area contributed by atoms with Gasteiger partial charge in [-0.3, -0.25) is 0 Å². The second-order valence-corrected chi connectivity index (χ2v) is 5.53. The summed E-state index contributed by atoms with van der Waals surface area (Å²) in [6.07, 6.45) is 4.04. The first-order chi connectivity index (χ1) is 9.53. The molecule has 0 aliphatic carbocycles. The van der Waals surface area contributed by atoms with Crippen molar-refractivity contribution in [1.29, 1.82) is 0 Å². The number of aliphatic hydroxyl groups is 2. The minimum atomic E-state index is -0.719. The normalized spacial score (nSPS) is 15.1. The Morgan fingerprint density at radius 2 is 1.95 bits per heavy atom. The first-order valence-electron chi connectivity index (χ1n) is 7.14. The summed E-state index contributed by atoms with van der Waals surface area (Å²) in [6.45, 7) is 4.94. The van der Waals surface area contributed by atoms with E-state index in [4.69, 9.17) is 9.84 Å². The average Bonchev–Trinajstić information content (AvgIpc) is 2.44. The number of hydrogen-bond acceptors (Lipinski definition) is 3. The van der Waals surface area contributed by atoms with E-state index in [0.29, 0.717) is 26.1 Å². The Hall–Kier alpha value is -1.16. The molecule has 1 aromatic carbocycles. The molecule has 0 aliphatic heterocycles. The highest BCUT2D eigenvalue weighted by molar-refractivity contribution is 5.13. The molecule has 0 aliphatic rings. The van der Waals surface area contributed by atoms with Crippen LogP contribution in [0.1, 0.15) is 38.7 Å². The van der Waals surface area contributed by atoms with Crippen LogP contribution in [0.3, 0.4) is 0 Å². The van der Waals surface area contributed by atoms with Crippen LogP contribution in [0.5, 0.6) is 0 Å². The minimum Gasteiger partial charge on any atom is -0.392 e. The smallest absolute Gasteiger partial charge is 0.0716 e. The van der Waals surface area contributed by atoms with Gasteiger partial charge in [0.25, 0.3) is 0 Å². The minimum absolute atomic E-state index is 0.0856. The zero-order valence-corrected chi connectivity index (χ0v) is 12.5. The molecule has 1 aromatic rings. The van der Waals surface area contributed by atoms with Crippen molar-refractivity contribution in [3.63, 3.8) is 0 Å². The summed E-state index contributed by atoms with van der Waals surface area (Å²) < 4.78 is 5.59. The predicted molar refractivity (Wildman–Crippen MR) is 81.4 cm³/mol. The van der Waals surface area contributed by atoms with Crippen molar-refractivity contribution in [2.24, 2.45) is 0 Å². The van der Waals surface area contributed by atoms with Crippen LogP contribution in [-0.2, 0) is 11.3 Å². The van der Waals surface area contributed by atoms with Gasteiger partial charge in [-0.1, -0.05) is 42.0 Å². The largest absolute Gasteiger partial charge is 0.392 e. The summed E-state index contributed by atoms with van der Waals surface area (Å²) in [5.74, 6) is 0. The SMILES string of the molecule is C/C(=C\CC[C@@](C)(O)CCOCc1ccccc1)CO. The Balaban J connectivity index is 2.19. The molecule has 112 valence electrons. The van der Waals surface area contributed by atoms with Crippen LogP contribution >= 0.6 is 0 Å². The highest BCUT2D eigenvalue weighted by Crippen LogP contribution is 2.18. The number of allylic oxidation sites excluding steroid dienone is 1. The fraction of sp³-hybridized carbons (Fsp3) is 0.529. The molecule has 0 heterocycles. The van der Waals surface area contributed by atoms with E-state index in [9.17, 15) is 5.11 Å². The van der Waals surface area contributed by atoms with Gasteiger partial charge in [-0.25, -0.2) is 0 Å². The summed E-state index contributed by atoms with van der Waals surface area (Å²) in [7, 11) is 0. The summed E-state index contributed by atoms with van der Waals surface area (Å²) in [6, 6.07) is 10.0. The summed E-state index contributed by atoms with van der Waals surface area (Å²) in [4.78, 5) is 0. The number of aliphatic hydroxyl groups excluding tert-OH is 1. The highest BCUT2D eigenvalue weighted by Gasteiger charge is 2.18. The van der Waals surface area contributed by atoms with Crippen LogP contribution < -0.4 is 0 Å². The van der Waals surface area contributed by atoms with Gasteiger partial charge in [0.1, 0.15) is 0 Å². The number of benzene rings is 1. The van der Waals surface area contributed by atoms with Crippen molar-refractivity contribution in [2.75, 3.05) is 13.2 Å². The van der Waals surface area contributed by atoms with Gasteiger partial charge >= 0.3 is 0 Å². The van der Waals surface area contributed by atoms with Gasteiger partial charge in [-0.05, 0) is 38.7 Å². The Morgan fingerprint density at radius 1 is 1.25 bits per heavy atom. The van der Waals surface area contributed by atoms with E-state index in [1.54, 1.807) is 0 Å². The average molecular weight is 278 g/mol.